The Balaban J connectivity index is 1.24. The zero-order valence-electron chi connectivity index (χ0n) is 18.7. The number of piperazine rings is 1. The molecule has 0 bridgehead atoms. The van der Waals surface area contributed by atoms with Gasteiger partial charge in [-0.05, 0) is 88.3 Å². The second kappa shape index (κ2) is 8.97. The number of benzene rings is 1. The Morgan fingerprint density at radius 2 is 1.73 bits per heavy atom. The van der Waals surface area contributed by atoms with Crippen molar-refractivity contribution in [2.45, 2.75) is 57.0 Å². The molecule has 3 saturated heterocycles. The lowest BCUT2D eigenvalue weighted by Gasteiger charge is -2.40. The van der Waals surface area contributed by atoms with Crippen LogP contribution >= 0.6 is 0 Å². The molecule has 30 heavy (non-hydrogen) atoms. The van der Waals surface area contributed by atoms with Crippen LogP contribution in [0.2, 0.25) is 0 Å². The highest BCUT2D eigenvalue weighted by atomic mass is 16.2. The standard InChI is InChI=1S/C25H38N4O/c1-26-13-15-28(16-14-26)23-9-8-20-17-22(7-6-21(20)18-23)25(30)29-12-4-5-24(29)19-27-10-2-3-11-27/h6-7,17,23-24H,2-5,8-16,18-19H2,1H3/t23?,24-/m1/s1. The van der Waals surface area contributed by atoms with Gasteiger partial charge in [-0.25, -0.2) is 0 Å². The average molecular weight is 411 g/mol. The molecule has 1 aliphatic carbocycles. The fourth-order valence-electron chi connectivity index (χ4n) is 6.09. The van der Waals surface area contributed by atoms with Gasteiger partial charge in [-0.3, -0.25) is 9.69 Å². The van der Waals surface area contributed by atoms with Crippen LogP contribution in [0.4, 0.5) is 0 Å². The van der Waals surface area contributed by atoms with Gasteiger partial charge in [0, 0.05) is 56.9 Å². The van der Waals surface area contributed by atoms with Gasteiger partial charge in [0.05, 0.1) is 0 Å². The van der Waals surface area contributed by atoms with E-state index in [1.54, 1.807) is 0 Å². The molecule has 4 aliphatic rings. The molecule has 1 amide bonds. The molecule has 5 rings (SSSR count). The van der Waals surface area contributed by atoms with E-state index in [0.29, 0.717) is 12.1 Å². The van der Waals surface area contributed by atoms with Gasteiger partial charge in [-0.15, -0.1) is 0 Å². The monoisotopic (exact) mass is 410 g/mol. The van der Waals surface area contributed by atoms with Crippen LogP contribution < -0.4 is 0 Å². The van der Waals surface area contributed by atoms with Crippen LogP contribution in [-0.2, 0) is 12.8 Å². The molecule has 1 aromatic carbocycles. The van der Waals surface area contributed by atoms with E-state index in [9.17, 15) is 4.79 Å². The van der Waals surface area contributed by atoms with Crippen molar-refractivity contribution < 1.29 is 4.79 Å². The normalized spacial score (nSPS) is 28.8. The van der Waals surface area contributed by atoms with E-state index in [0.717, 1.165) is 37.9 Å². The van der Waals surface area contributed by atoms with E-state index in [4.69, 9.17) is 0 Å². The highest BCUT2D eigenvalue weighted by molar-refractivity contribution is 5.95. The molecule has 3 heterocycles. The van der Waals surface area contributed by atoms with E-state index in [1.807, 2.05) is 0 Å². The minimum Gasteiger partial charge on any atom is -0.334 e. The van der Waals surface area contributed by atoms with Crippen LogP contribution in [0.3, 0.4) is 0 Å². The number of carbonyl (C=O) groups is 1. The third kappa shape index (κ3) is 4.30. The predicted octanol–water partition coefficient (Wildman–Crippen LogP) is 2.49. The van der Waals surface area contributed by atoms with Crippen molar-refractivity contribution in [1.82, 2.24) is 19.6 Å². The molecule has 1 aromatic rings. The van der Waals surface area contributed by atoms with Crippen molar-refractivity contribution >= 4 is 5.91 Å². The highest BCUT2D eigenvalue weighted by Crippen LogP contribution is 2.28. The number of amides is 1. The Morgan fingerprint density at radius 3 is 2.53 bits per heavy atom. The third-order valence-electron chi connectivity index (χ3n) is 8.02. The summed E-state index contributed by atoms with van der Waals surface area (Å²) in [6.45, 7) is 9.19. The Morgan fingerprint density at radius 1 is 0.933 bits per heavy atom. The number of likely N-dealkylation sites (tertiary alicyclic amines) is 2. The van der Waals surface area contributed by atoms with Gasteiger partial charge >= 0.3 is 0 Å². The Hall–Kier alpha value is -1.43. The molecule has 2 atom stereocenters. The largest absolute Gasteiger partial charge is 0.334 e. The smallest absolute Gasteiger partial charge is 0.254 e. The van der Waals surface area contributed by atoms with Gasteiger partial charge in [0.25, 0.3) is 5.91 Å². The molecule has 3 aliphatic heterocycles. The van der Waals surface area contributed by atoms with Crippen LogP contribution in [0.5, 0.6) is 0 Å². The number of hydrogen-bond acceptors (Lipinski definition) is 4. The lowest BCUT2D eigenvalue weighted by Crippen LogP contribution is -2.50. The van der Waals surface area contributed by atoms with Gasteiger partial charge in [-0.2, -0.15) is 0 Å². The summed E-state index contributed by atoms with van der Waals surface area (Å²) < 4.78 is 0. The second-order valence-electron chi connectivity index (χ2n) is 10.0. The molecule has 1 unspecified atom stereocenters. The van der Waals surface area contributed by atoms with Crippen molar-refractivity contribution in [1.29, 1.82) is 0 Å². The molecule has 0 spiro atoms. The number of rotatable bonds is 4. The van der Waals surface area contributed by atoms with E-state index in [-0.39, 0.29) is 5.91 Å². The number of fused-ring (bicyclic) bond motifs is 1. The molecule has 3 fully saturated rings. The van der Waals surface area contributed by atoms with Crippen molar-refractivity contribution in [3.8, 4) is 0 Å². The lowest BCUT2D eigenvalue weighted by molar-refractivity contribution is 0.0708. The topological polar surface area (TPSA) is 30.0 Å². The van der Waals surface area contributed by atoms with Gasteiger partial charge in [0.2, 0.25) is 0 Å². The minimum atomic E-state index is 0.265. The maximum Gasteiger partial charge on any atom is 0.254 e. The van der Waals surface area contributed by atoms with Crippen molar-refractivity contribution in [2.75, 3.05) is 59.4 Å². The van der Waals surface area contributed by atoms with E-state index >= 15 is 0 Å². The molecule has 164 valence electrons. The van der Waals surface area contributed by atoms with E-state index < -0.39 is 0 Å². The van der Waals surface area contributed by atoms with Crippen molar-refractivity contribution in [2.24, 2.45) is 0 Å². The Kier molecular flexibility index (Phi) is 6.12. The predicted molar refractivity (Wildman–Crippen MR) is 121 cm³/mol. The zero-order chi connectivity index (χ0) is 20.5. The summed E-state index contributed by atoms with van der Waals surface area (Å²) in [4.78, 5) is 23.2. The molecule has 5 nitrogen and oxygen atoms in total. The SMILES string of the molecule is CN1CCN(C2CCc3cc(C(=O)N4CCC[C@@H]4CN4CCCC4)ccc3C2)CC1. The summed E-state index contributed by atoms with van der Waals surface area (Å²) in [7, 11) is 2.22. The van der Waals surface area contributed by atoms with E-state index in [1.165, 1.54) is 76.1 Å². The molecular weight excluding hydrogens is 372 g/mol. The summed E-state index contributed by atoms with van der Waals surface area (Å²) in [6.07, 6.45) is 8.46. The van der Waals surface area contributed by atoms with Crippen LogP contribution in [0.25, 0.3) is 0 Å². The Bertz CT molecular complexity index is 752. The van der Waals surface area contributed by atoms with Crippen LogP contribution in [0.1, 0.15) is 53.6 Å². The maximum atomic E-state index is 13.4. The number of likely N-dealkylation sites (N-methyl/N-ethyl adjacent to an activating group) is 1. The van der Waals surface area contributed by atoms with Crippen LogP contribution in [0.15, 0.2) is 18.2 Å². The van der Waals surface area contributed by atoms with E-state index in [2.05, 4.69) is 44.8 Å². The first-order chi connectivity index (χ1) is 14.7. The highest BCUT2D eigenvalue weighted by Gasteiger charge is 2.32. The van der Waals surface area contributed by atoms with Gasteiger partial charge in [0.15, 0.2) is 0 Å². The van der Waals surface area contributed by atoms with Crippen LogP contribution in [0, 0.1) is 0 Å². The first-order valence-electron chi connectivity index (χ1n) is 12.2. The first kappa shape index (κ1) is 20.5. The maximum absolute atomic E-state index is 13.4. The Labute approximate surface area is 182 Å². The number of carbonyl (C=O) groups excluding carboxylic acids is 1. The minimum absolute atomic E-state index is 0.265. The summed E-state index contributed by atoms with van der Waals surface area (Å²) in [6, 6.07) is 7.68. The first-order valence-corrected chi connectivity index (χ1v) is 12.2. The van der Waals surface area contributed by atoms with Crippen molar-refractivity contribution in [3.63, 3.8) is 0 Å². The van der Waals surface area contributed by atoms with Crippen molar-refractivity contribution in [3.05, 3.63) is 34.9 Å². The lowest BCUT2D eigenvalue weighted by atomic mass is 9.86. The number of nitrogens with zero attached hydrogens (tertiary/aromatic N) is 4. The van der Waals surface area contributed by atoms with Crippen LogP contribution in [-0.4, -0.2) is 97.0 Å². The summed E-state index contributed by atoms with van der Waals surface area (Å²) in [5.41, 5.74) is 3.80. The van der Waals surface area contributed by atoms with Gasteiger partial charge in [0.1, 0.15) is 0 Å². The summed E-state index contributed by atoms with van der Waals surface area (Å²) in [5.74, 6) is 0.265. The fraction of sp³-hybridized carbons (Fsp3) is 0.720. The number of aryl methyl sites for hydroxylation is 1. The molecule has 0 N–H and O–H groups in total. The average Bonchev–Trinajstić information content (AvgIpc) is 3.45. The third-order valence-corrected chi connectivity index (χ3v) is 8.02. The summed E-state index contributed by atoms with van der Waals surface area (Å²) in [5, 5.41) is 0. The molecule has 0 aromatic heterocycles. The van der Waals surface area contributed by atoms with Gasteiger partial charge in [-0.1, -0.05) is 6.07 Å². The van der Waals surface area contributed by atoms with Gasteiger partial charge < -0.3 is 14.7 Å². The molecule has 0 radical (unpaired) electrons. The summed E-state index contributed by atoms with van der Waals surface area (Å²) >= 11 is 0. The molecular formula is C25H38N4O. The quantitative estimate of drug-likeness (QED) is 0.763. The molecule has 0 saturated carbocycles. The second-order valence-corrected chi connectivity index (χ2v) is 10.0. The number of hydrogen-bond donors (Lipinski definition) is 0. The zero-order valence-corrected chi connectivity index (χ0v) is 18.7. The molecule has 5 heteroatoms. The fourth-order valence-corrected chi connectivity index (χ4v) is 6.09.